The number of hydrogen-bond donors (Lipinski definition) is 5. The summed E-state index contributed by atoms with van der Waals surface area (Å²) in [6, 6.07) is 3.45. The normalized spacial score (nSPS) is 8.72. The zero-order valence-corrected chi connectivity index (χ0v) is 9.38. The molecule has 0 saturated carbocycles. The molecule has 0 saturated heterocycles. The highest BCUT2D eigenvalue weighted by molar-refractivity contribution is 5.91. The molecule has 0 aromatic heterocycles. The van der Waals surface area contributed by atoms with Crippen molar-refractivity contribution in [1.29, 1.82) is 5.41 Å². The number of phenolic OH excluding ortho intramolecular Hbond substituents is 1. The molecule has 9 nitrogen and oxygen atoms in total. The summed E-state index contributed by atoms with van der Waals surface area (Å²) in [6.07, 6.45) is 0. The molecule has 0 bridgehead atoms. The fourth-order valence-electron chi connectivity index (χ4n) is 0.884. The number of aliphatic carboxylic acids is 1. The van der Waals surface area contributed by atoms with Crippen LogP contribution in [0.5, 0.6) is 5.75 Å². The Hall–Kier alpha value is -2.84. The van der Waals surface area contributed by atoms with Crippen molar-refractivity contribution < 1.29 is 19.9 Å². The third kappa shape index (κ3) is 5.90. The molecule has 0 heterocycles. The predicted octanol–water partition coefficient (Wildman–Crippen LogP) is 0.697. The Labute approximate surface area is 102 Å². The quantitative estimate of drug-likeness (QED) is 0.171. The number of rotatable bonds is 2. The largest absolute Gasteiger partial charge is 0.506 e. The number of guanidine groups is 1. The first-order valence-corrected chi connectivity index (χ1v) is 4.52. The number of nitrogens with one attached hydrogen (secondary N) is 2. The third-order valence-electron chi connectivity index (χ3n) is 1.46. The second-order valence-corrected chi connectivity index (χ2v) is 3.02. The van der Waals surface area contributed by atoms with Gasteiger partial charge in [-0.1, -0.05) is 0 Å². The van der Waals surface area contributed by atoms with Crippen molar-refractivity contribution in [3.63, 3.8) is 0 Å². The van der Waals surface area contributed by atoms with Crippen molar-refractivity contribution >= 4 is 23.3 Å². The first-order chi connectivity index (χ1) is 8.23. The lowest BCUT2D eigenvalue weighted by atomic mass is 10.2. The van der Waals surface area contributed by atoms with Gasteiger partial charge in [0, 0.05) is 13.0 Å². The predicted molar refractivity (Wildman–Crippen MR) is 63.6 cm³/mol. The number of benzene rings is 1. The molecule has 1 rings (SSSR count). The van der Waals surface area contributed by atoms with Gasteiger partial charge in [0.05, 0.1) is 16.7 Å². The van der Waals surface area contributed by atoms with Crippen molar-refractivity contribution in [2.45, 2.75) is 6.92 Å². The minimum atomic E-state index is -0.833. The van der Waals surface area contributed by atoms with E-state index in [1.54, 1.807) is 0 Å². The summed E-state index contributed by atoms with van der Waals surface area (Å²) < 4.78 is 0. The van der Waals surface area contributed by atoms with Crippen LogP contribution >= 0.6 is 0 Å². The Bertz CT molecular complexity index is 470. The van der Waals surface area contributed by atoms with E-state index in [1.807, 2.05) is 0 Å². The Kier molecular flexibility index (Phi) is 5.63. The van der Waals surface area contributed by atoms with Gasteiger partial charge in [-0.05, 0) is 6.07 Å². The first-order valence-electron chi connectivity index (χ1n) is 4.52. The second kappa shape index (κ2) is 6.68. The lowest BCUT2D eigenvalue weighted by Gasteiger charge is -2.04. The number of carboxylic acids is 1. The lowest BCUT2D eigenvalue weighted by Crippen LogP contribution is -2.20. The summed E-state index contributed by atoms with van der Waals surface area (Å²) in [5.41, 5.74) is 4.95. The number of non-ortho nitro benzene ring substituents is 1. The van der Waals surface area contributed by atoms with Gasteiger partial charge >= 0.3 is 0 Å². The van der Waals surface area contributed by atoms with E-state index in [0.29, 0.717) is 0 Å². The number of nitro groups is 1. The van der Waals surface area contributed by atoms with Crippen molar-refractivity contribution in [2.24, 2.45) is 5.73 Å². The lowest BCUT2D eigenvalue weighted by molar-refractivity contribution is -0.384. The van der Waals surface area contributed by atoms with Gasteiger partial charge in [0.25, 0.3) is 11.7 Å². The minimum Gasteiger partial charge on any atom is -0.506 e. The zero-order chi connectivity index (χ0) is 14.3. The van der Waals surface area contributed by atoms with Crippen LogP contribution in [0.15, 0.2) is 18.2 Å². The smallest absolute Gasteiger partial charge is 0.300 e. The molecule has 0 fully saturated rings. The van der Waals surface area contributed by atoms with Crippen LogP contribution in [-0.4, -0.2) is 27.1 Å². The van der Waals surface area contributed by atoms with E-state index in [0.717, 1.165) is 13.0 Å². The number of carboxylic acid groups (broad SMARTS) is 1. The van der Waals surface area contributed by atoms with Gasteiger partial charge in [0.1, 0.15) is 5.75 Å². The standard InChI is InChI=1S/C7H8N4O3.C2H4O2/c8-7(9)10-5-2-1-4(11(13)14)3-6(5)12;1-2(3)4/h1-3,12H,(H4,8,9,10);1H3,(H,3,4). The van der Waals surface area contributed by atoms with E-state index in [-0.39, 0.29) is 23.1 Å². The minimum absolute atomic E-state index is 0.156. The van der Waals surface area contributed by atoms with Crippen molar-refractivity contribution in [1.82, 2.24) is 0 Å². The summed E-state index contributed by atoms with van der Waals surface area (Å²) in [4.78, 5) is 18.7. The van der Waals surface area contributed by atoms with Gasteiger partial charge in [0.2, 0.25) is 0 Å². The van der Waals surface area contributed by atoms with Crippen molar-refractivity contribution in [3.8, 4) is 5.75 Å². The Morgan fingerprint density at radius 3 is 2.39 bits per heavy atom. The maximum absolute atomic E-state index is 10.3. The van der Waals surface area contributed by atoms with E-state index in [4.69, 9.17) is 21.0 Å². The molecule has 0 aliphatic carbocycles. The molecule has 0 atom stereocenters. The first kappa shape index (κ1) is 15.2. The number of carbonyl (C=O) groups is 1. The van der Waals surface area contributed by atoms with Gasteiger partial charge in [-0.25, -0.2) is 0 Å². The summed E-state index contributed by atoms with van der Waals surface area (Å²) in [7, 11) is 0. The van der Waals surface area contributed by atoms with E-state index < -0.39 is 10.9 Å². The van der Waals surface area contributed by atoms with Gasteiger partial charge in [0.15, 0.2) is 5.96 Å². The molecule has 18 heavy (non-hydrogen) atoms. The Morgan fingerprint density at radius 1 is 1.56 bits per heavy atom. The number of nitro benzene ring substituents is 1. The fourth-order valence-corrected chi connectivity index (χ4v) is 0.884. The highest BCUT2D eigenvalue weighted by atomic mass is 16.6. The average Bonchev–Trinajstić information content (AvgIpc) is 2.19. The summed E-state index contributed by atoms with van der Waals surface area (Å²) >= 11 is 0. The van der Waals surface area contributed by atoms with Gasteiger partial charge in [-0.2, -0.15) is 0 Å². The number of aromatic hydroxyl groups is 1. The van der Waals surface area contributed by atoms with Gasteiger partial charge in [-0.15, -0.1) is 0 Å². The molecule has 0 aliphatic heterocycles. The highest BCUT2D eigenvalue weighted by Gasteiger charge is 2.09. The van der Waals surface area contributed by atoms with Crippen LogP contribution in [0.1, 0.15) is 6.92 Å². The highest BCUT2D eigenvalue weighted by Crippen LogP contribution is 2.27. The Morgan fingerprint density at radius 2 is 2.06 bits per heavy atom. The van der Waals surface area contributed by atoms with Crippen LogP contribution in [0.3, 0.4) is 0 Å². The van der Waals surface area contributed by atoms with Crippen LogP contribution in [0.4, 0.5) is 11.4 Å². The maximum Gasteiger partial charge on any atom is 0.300 e. The summed E-state index contributed by atoms with van der Waals surface area (Å²) in [5.74, 6) is -1.51. The molecule has 1 aromatic rings. The van der Waals surface area contributed by atoms with Crippen molar-refractivity contribution in [2.75, 3.05) is 5.32 Å². The zero-order valence-electron chi connectivity index (χ0n) is 9.38. The molecule has 1 aromatic carbocycles. The molecular weight excluding hydrogens is 244 g/mol. The van der Waals surface area contributed by atoms with E-state index in [2.05, 4.69) is 5.32 Å². The number of nitrogens with zero attached hydrogens (tertiary/aromatic N) is 1. The van der Waals surface area contributed by atoms with Gasteiger partial charge < -0.3 is 21.3 Å². The van der Waals surface area contributed by atoms with Crippen LogP contribution in [0, 0.1) is 15.5 Å². The molecule has 0 unspecified atom stereocenters. The van der Waals surface area contributed by atoms with E-state index in [9.17, 15) is 15.2 Å². The summed E-state index contributed by atoms with van der Waals surface area (Å²) in [6.45, 7) is 1.08. The van der Waals surface area contributed by atoms with Crippen molar-refractivity contribution in [3.05, 3.63) is 28.3 Å². The SMILES string of the molecule is CC(=O)O.N=C(N)Nc1ccc([N+](=O)[O-])cc1O. The van der Waals surface area contributed by atoms with Crippen LogP contribution in [0.2, 0.25) is 0 Å². The maximum atomic E-state index is 10.3. The fraction of sp³-hybridized carbons (Fsp3) is 0.111. The summed E-state index contributed by atoms with van der Waals surface area (Å²) in [5, 5.41) is 36.2. The number of phenols is 1. The van der Waals surface area contributed by atoms with Crippen LogP contribution in [-0.2, 0) is 4.79 Å². The topological polar surface area (TPSA) is 163 Å². The molecule has 0 spiro atoms. The third-order valence-corrected chi connectivity index (χ3v) is 1.46. The molecule has 6 N–H and O–H groups in total. The van der Waals surface area contributed by atoms with Gasteiger partial charge in [-0.3, -0.25) is 20.3 Å². The second-order valence-electron chi connectivity index (χ2n) is 3.02. The molecule has 9 heteroatoms. The van der Waals surface area contributed by atoms with Crippen LogP contribution < -0.4 is 11.1 Å². The van der Waals surface area contributed by atoms with E-state index >= 15 is 0 Å². The van der Waals surface area contributed by atoms with E-state index in [1.165, 1.54) is 12.1 Å². The Balaban J connectivity index is 0.000000631. The monoisotopic (exact) mass is 256 g/mol. The molecule has 98 valence electrons. The van der Waals surface area contributed by atoms with Crippen LogP contribution in [0.25, 0.3) is 0 Å². The molecule has 0 aliphatic rings. The molecular formula is C9H12N4O5. The number of nitrogens with two attached hydrogens (primary N) is 1. The number of anilines is 1. The molecule has 0 radical (unpaired) electrons. The average molecular weight is 256 g/mol. The number of hydrogen-bond acceptors (Lipinski definition) is 5. The molecule has 0 amide bonds.